The fourth-order valence-electron chi connectivity index (χ4n) is 3.63. The molecule has 0 N–H and O–H groups in total. The van der Waals surface area contributed by atoms with Gasteiger partial charge in [0, 0.05) is 11.0 Å². The number of hydrogen-bond acceptors (Lipinski definition) is 2. The first kappa shape index (κ1) is 11.7. The van der Waals surface area contributed by atoms with E-state index < -0.39 is 0 Å². The highest BCUT2D eigenvalue weighted by atomic mass is 16.5. The second-order valence-electron chi connectivity index (χ2n) is 5.85. The Morgan fingerprint density at radius 3 is 2.80 bits per heavy atom. The highest BCUT2D eigenvalue weighted by Gasteiger charge is 2.63. The monoisotopic (exact) mass is 264 g/mol. The first-order valence-corrected chi connectivity index (χ1v) is 7.01. The van der Waals surface area contributed by atoms with E-state index in [1.54, 1.807) is 7.11 Å². The standard InChI is InChI=1S/C18H16O2/c1-20-14-7-4-6-12(9-14)16-11-18(16)10-13-5-2-3-8-15(13)17(18)19/h2-9,16H,10-11H2,1H3/t16-,18-/m1/s1. The summed E-state index contributed by atoms with van der Waals surface area (Å²) < 4.78 is 5.29. The summed E-state index contributed by atoms with van der Waals surface area (Å²) >= 11 is 0. The summed E-state index contributed by atoms with van der Waals surface area (Å²) in [7, 11) is 1.68. The lowest BCUT2D eigenvalue weighted by molar-refractivity contribution is 0.0914. The lowest BCUT2D eigenvalue weighted by Gasteiger charge is -2.08. The molecule has 2 atom stereocenters. The van der Waals surface area contributed by atoms with Gasteiger partial charge in [-0.25, -0.2) is 0 Å². The van der Waals surface area contributed by atoms with Crippen LogP contribution in [0.2, 0.25) is 0 Å². The van der Waals surface area contributed by atoms with E-state index in [9.17, 15) is 4.79 Å². The molecule has 0 aromatic heterocycles. The molecule has 0 radical (unpaired) electrons. The van der Waals surface area contributed by atoms with Crippen LogP contribution in [-0.2, 0) is 6.42 Å². The van der Waals surface area contributed by atoms with Crippen LogP contribution >= 0.6 is 0 Å². The summed E-state index contributed by atoms with van der Waals surface area (Å²) in [6, 6.07) is 16.2. The van der Waals surface area contributed by atoms with E-state index in [0.717, 1.165) is 24.2 Å². The van der Waals surface area contributed by atoms with E-state index in [1.807, 2.05) is 30.3 Å². The molecule has 2 aliphatic rings. The van der Waals surface area contributed by atoms with Gasteiger partial charge in [0.2, 0.25) is 0 Å². The minimum atomic E-state index is -0.171. The molecule has 0 bridgehead atoms. The maximum Gasteiger partial charge on any atom is 0.170 e. The number of fused-ring (bicyclic) bond motifs is 1. The second kappa shape index (κ2) is 3.95. The van der Waals surface area contributed by atoms with E-state index in [4.69, 9.17) is 4.74 Å². The third-order valence-electron chi connectivity index (χ3n) is 4.79. The first-order chi connectivity index (χ1) is 9.74. The summed E-state index contributed by atoms with van der Waals surface area (Å²) in [6.07, 6.45) is 1.86. The Morgan fingerprint density at radius 2 is 2.00 bits per heavy atom. The molecule has 2 heteroatoms. The number of carbonyl (C=O) groups is 1. The molecule has 2 aromatic carbocycles. The molecule has 0 heterocycles. The summed E-state index contributed by atoms with van der Waals surface area (Å²) in [5, 5.41) is 0. The van der Waals surface area contributed by atoms with Gasteiger partial charge in [0.05, 0.1) is 7.11 Å². The zero-order chi connectivity index (χ0) is 13.7. The van der Waals surface area contributed by atoms with Crippen molar-refractivity contribution in [1.82, 2.24) is 0 Å². The van der Waals surface area contributed by atoms with Crippen LogP contribution in [0.1, 0.15) is 33.8 Å². The number of rotatable bonds is 2. The molecule has 1 saturated carbocycles. The lowest BCUT2D eigenvalue weighted by Crippen LogP contribution is -2.12. The van der Waals surface area contributed by atoms with Crippen molar-refractivity contribution in [1.29, 1.82) is 0 Å². The number of carbonyl (C=O) groups excluding carboxylic acids is 1. The Balaban J connectivity index is 1.69. The van der Waals surface area contributed by atoms with Gasteiger partial charge in [-0.3, -0.25) is 4.79 Å². The van der Waals surface area contributed by atoms with Crippen molar-refractivity contribution in [3.8, 4) is 5.75 Å². The maximum absolute atomic E-state index is 12.7. The Kier molecular flexibility index (Phi) is 2.31. The molecular weight excluding hydrogens is 248 g/mol. The minimum absolute atomic E-state index is 0.171. The number of methoxy groups -OCH3 is 1. The van der Waals surface area contributed by atoms with Crippen LogP contribution in [0.3, 0.4) is 0 Å². The summed E-state index contributed by atoms with van der Waals surface area (Å²) in [5.74, 6) is 1.55. The summed E-state index contributed by atoms with van der Waals surface area (Å²) in [5.41, 5.74) is 3.20. The van der Waals surface area contributed by atoms with Crippen LogP contribution in [0.4, 0.5) is 0 Å². The number of benzene rings is 2. The van der Waals surface area contributed by atoms with Crippen LogP contribution in [0, 0.1) is 5.41 Å². The molecule has 2 aromatic rings. The van der Waals surface area contributed by atoms with Crippen molar-refractivity contribution < 1.29 is 9.53 Å². The second-order valence-corrected chi connectivity index (χ2v) is 5.85. The molecule has 1 fully saturated rings. The number of Topliss-reactive ketones (excluding diaryl/α,β-unsaturated/α-hetero) is 1. The van der Waals surface area contributed by atoms with E-state index in [-0.39, 0.29) is 5.41 Å². The van der Waals surface area contributed by atoms with Gasteiger partial charge >= 0.3 is 0 Å². The molecule has 2 nitrogen and oxygen atoms in total. The fraction of sp³-hybridized carbons (Fsp3) is 0.278. The summed E-state index contributed by atoms with van der Waals surface area (Å²) in [4.78, 5) is 12.7. The molecule has 20 heavy (non-hydrogen) atoms. The Bertz CT molecular complexity index is 704. The molecule has 1 spiro atoms. The normalized spacial score (nSPS) is 26.6. The number of ketones is 1. The van der Waals surface area contributed by atoms with Crippen molar-refractivity contribution in [2.75, 3.05) is 7.11 Å². The predicted molar refractivity (Wildman–Crippen MR) is 77.3 cm³/mol. The summed E-state index contributed by atoms with van der Waals surface area (Å²) in [6.45, 7) is 0. The van der Waals surface area contributed by atoms with Gasteiger partial charge in [-0.1, -0.05) is 36.4 Å². The fourth-order valence-corrected chi connectivity index (χ4v) is 3.63. The van der Waals surface area contributed by atoms with Gasteiger partial charge in [0.1, 0.15) is 5.75 Å². The van der Waals surface area contributed by atoms with Crippen molar-refractivity contribution in [2.45, 2.75) is 18.8 Å². The zero-order valence-corrected chi connectivity index (χ0v) is 11.4. The van der Waals surface area contributed by atoms with Crippen LogP contribution in [-0.4, -0.2) is 12.9 Å². The van der Waals surface area contributed by atoms with Crippen molar-refractivity contribution in [2.24, 2.45) is 5.41 Å². The molecule has 2 aliphatic carbocycles. The van der Waals surface area contributed by atoms with E-state index in [2.05, 4.69) is 18.2 Å². The van der Waals surface area contributed by atoms with Crippen molar-refractivity contribution >= 4 is 5.78 Å². The number of hydrogen-bond donors (Lipinski definition) is 0. The average molecular weight is 264 g/mol. The van der Waals surface area contributed by atoms with Gasteiger partial charge in [-0.15, -0.1) is 0 Å². The van der Waals surface area contributed by atoms with Crippen LogP contribution in [0.5, 0.6) is 5.75 Å². The van der Waals surface area contributed by atoms with Crippen LogP contribution < -0.4 is 4.74 Å². The Hall–Kier alpha value is -2.09. The van der Waals surface area contributed by atoms with Crippen molar-refractivity contribution in [3.05, 3.63) is 65.2 Å². The van der Waals surface area contributed by atoms with Gasteiger partial charge < -0.3 is 4.74 Å². The largest absolute Gasteiger partial charge is 0.497 e. The smallest absolute Gasteiger partial charge is 0.170 e. The van der Waals surface area contributed by atoms with Crippen LogP contribution in [0.15, 0.2) is 48.5 Å². The third-order valence-corrected chi connectivity index (χ3v) is 4.79. The Labute approximate surface area is 118 Å². The maximum atomic E-state index is 12.7. The molecule has 0 unspecified atom stereocenters. The van der Waals surface area contributed by atoms with Gasteiger partial charge in [0.25, 0.3) is 0 Å². The number of ether oxygens (including phenoxy) is 1. The highest BCUT2D eigenvalue weighted by molar-refractivity contribution is 6.07. The Morgan fingerprint density at radius 1 is 1.15 bits per heavy atom. The quantitative estimate of drug-likeness (QED) is 0.828. The van der Waals surface area contributed by atoms with Gasteiger partial charge in [-0.05, 0) is 42.0 Å². The lowest BCUT2D eigenvalue weighted by atomic mass is 9.95. The third kappa shape index (κ3) is 1.48. The van der Waals surface area contributed by atoms with E-state index in [0.29, 0.717) is 11.7 Å². The van der Waals surface area contributed by atoms with Crippen LogP contribution in [0.25, 0.3) is 0 Å². The van der Waals surface area contributed by atoms with Gasteiger partial charge in [-0.2, -0.15) is 0 Å². The molecule has 0 aliphatic heterocycles. The molecule has 0 saturated heterocycles. The molecule has 100 valence electrons. The zero-order valence-electron chi connectivity index (χ0n) is 11.4. The minimum Gasteiger partial charge on any atom is -0.497 e. The SMILES string of the molecule is COc1cccc([C@H]2C[C@]23Cc2ccccc2C3=O)c1. The van der Waals surface area contributed by atoms with E-state index >= 15 is 0 Å². The van der Waals surface area contributed by atoms with Crippen molar-refractivity contribution in [3.63, 3.8) is 0 Å². The topological polar surface area (TPSA) is 26.3 Å². The molecule has 0 amide bonds. The molecular formula is C18H16O2. The predicted octanol–water partition coefficient (Wildman–Crippen LogP) is 3.61. The highest BCUT2D eigenvalue weighted by Crippen LogP contribution is 2.65. The average Bonchev–Trinajstić information content (AvgIpc) is 3.15. The first-order valence-electron chi connectivity index (χ1n) is 7.01. The van der Waals surface area contributed by atoms with E-state index in [1.165, 1.54) is 11.1 Å². The molecule has 4 rings (SSSR count). The van der Waals surface area contributed by atoms with Gasteiger partial charge in [0.15, 0.2) is 5.78 Å².